The van der Waals surface area contributed by atoms with Crippen molar-refractivity contribution in [3.63, 3.8) is 0 Å². The summed E-state index contributed by atoms with van der Waals surface area (Å²) in [5.74, 6) is 0.430. The van der Waals surface area contributed by atoms with E-state index in [1.54, 1.807) is 36.7 Å². The number of benzene rings is 1. The maximum Gasteiger partial charge on any atom is 0.243 e. The van der Waals surface area contributed by atoms with Gasteiger partial charge in [0, 0.05) is 56.6 Å². The van der Waals surface area contributed by atoms with Crippen molar-refractivity contribution in [3.05, 3.63) is 66.8 Å². The van der Waals surface area contributed by atoms with Crippen molar-refractivity contribution in [3.8, 4) is 0 Å². The minimum atomic E-state index is -3.82. The van der Waals surface area contributed by atoms with Crippen molar-refractivity contribution in [2.75, 3.05) is 19.6 Å². The van der Waals surface area contributed by atoms with Crippen LogP contribution in [-0.4, -0.2) is 52.5 Å². The normalized spacial score (nSPS) is 12.7. The van der Waals surface area contributed by atoms with E-state index in [2.05, 4.69) is 39.6 Å². The molecule has 0 unspecified atom stereocenters. The monoisotopic (exact) mass is 538 g/mol. The predicted molar refractivity (Wildman–Crippen MR) is 149 cm³/mol. The molecule has 0 saturated carbocycles. The van der Waals surface area contributed by atoms with E-state index in [-0.39, 0.29) is 29.3 Å². The Kier molecular flexibility index (Phi) is 8.28. The minimum Gasteiger partial charge on any atom is -0.464 e. The zero-order valence-corrected chi connectivity index (χ0v) is 23.7. The second-order valence-corrected chi connectivity index (χ2v) is 13.5. The highest BCUT2D eigenvalue weighted by Gasteiger charge is 2.27. The number of sulfonamides is 1. The maximum absolute atomic E-state index is 13.9. The molecule has 3 heterocycles. The van der Waals surface area contributed by atoms with E-state index in [0.29, 0.717) is 37.4 Å². The van der Waals surface area contributed by atoms with Gasteiger partial charge in [0.2, 0.25) is 15.9 Å². The molecule has 3 aromatic heterocycles. The number of hydrogen-bond acceptors (Lipinski definition) is 5. The average molecular weight is 539 g/mol. The molecular weight excluding hydrogens is 500 g/mol. The van der Waals surface area contributed by atoms with E-state index in [1.807, 2.05) is 33.8 Å². The molecule has 0 atom stereocenters. The molecule has 1 aromatic carbocycles. The van der Waals surface area contributed by atoms with Gasteiger partial charge in [0.05, 0.1) is 11.2 Å². The topological polar surface area (TPSA) is 88.1 Å². The summed E-state index contributed by atoms with van der Waals surface area (Å²) in [6.07, 6.45) is 8.00. The molecular formula is C29H38N4O4S. The highest BCUT2D eigenvalue weighted by atomic mass is 32.2. The summed E-state index contributed by atoms with van der Waals surface area (Å²) in [7, 11) is -3.82. The number of aromatic nitrogens is 2. The molecule has 0 fully saturated rings. The largest absolute Gasteiger partial charge is 0.464 e. The zero-order chi connectivity index (χ0) is 27.5. The highest BCUT2D eigenvalue weighted by Crippen LogP contribution is 2.25. The van der Waals surface area contributed by atoms with Crippen molar-refractivity contribution in [1.29, 1.82) is 0 Å². The number of pyridine rings is 1. The van der Waals surface area contributed by atoms with Crippen LogP contribution in [0, 0.1) is 11.3 Å². The molecule has 9 heteroatoms. The van der Waals surface area contributed by atoms with Gasteiger partial charge in [-0.2, -0.15) is 4.31 Å². The third kappa shape index (κ3) is 6.82. The zero-order valence-electron chi connectivity index (χ0n) is 22.9. The van der Waals surface area contributed by atoms with Crippen LogP contribution in [0.1, 0.15) is 53.0 Å². The molecule has 1 amide bonds. The number of carbonyl (C=O) groups is 1. The average Bonchev–Trinajstić information content (AvgIpc) is 3.49. The molecule has 0 N–H and O–H groups in total. The summed E-state index contributed by atoms with van der Waals surface area (Å²) in [5, 5.41) is 0.738. The van der Waals surface area contributed by atoms with Crippen molar-refractivity contribution in [1.82, 2.24) is 18.6 Å². The number of imidazole rings is 1. The summed E-state index contributed by atoms with van der Waals surface area (Å²) < 4.78 is 36.6. The fourth-order valence-electron chi connectivity index (χ4n) is 4.56. The SMILES string of the molecule is CC(C)CN(CCCN(Cc1ccc2nccn2c1)S(=O)(=O)c1ccc2occc2c1)C(=O)CC(C)(C)C. The van der Waals surface area contributed by atoms with E-state index in [4.69, 9.17) is 4.42 Å². The molecule has 0 aliphatic heterocycles. The lowest BCUT2D eigenvalue weighted by Gasteiger charge is -2.29. The van der Waals surface area contributed by atoms with Crippen LogP contribution in [0.5, 0.6) is 0 Å². The van der Waals surface area contributed by atoms with Gasteiger partial charge in [-0.3, -0.25) is 4.79 Å². The number of rotatable bonds is 11. The Balaban J connectivity index is 1.57. The van der Waals surface area contributed by atoms with Crippen LogP contribution in [0.2, 0.25) is 0 Å². The molecule has 0 spiro atoms. The Bertz CT molecular complexity index is 1500. The van der Waals surface area contributed by atoms with Crippen molar-refractivity contribution >= 4 is 32.5 Å². The first-order valence-electron chi connectivity index (χ1n) is 13.1. The van der Waals surface area contributed by atoms with Gasteiger partial charge in [-0.1, -0.05) is 40.7 Å². The highest BCUT2D eigenvalue weighted by molar-refractivity contribution is 7.89. The third-order valence-electron chi connectivity index (χ3n) is 6.33. The van der Waals surface area contributed by atoms with Gasteiger partial charge in [-0.25, -0.2) is 13.4 Å². The summed E-state index contributed by atoms with van der Waals surface area (Å²) in [6, 6.07) is 10.5. The molecule has 0 aliphatic carbocycles. The van der Waals surface area contributed by atoms with Crippen LogP contribution >= 0.6 is 0 Å². The number of amides is 1. The third-order valence-corrected chi connectivity index (χ3v) is 8.17. The first-order chi connectivity index (χ1) is 17.9. The van der Waals surface area contributed by atoms with Gasteiger partial charge in [0.15, 0.2) is 0 Å². The summed E-state index contributed by atoms with van der Waals surface area (Å²) >= 11 is 0. The van der Waals surface area contributed by atoms with Crippen molar-refractivity contribution < 1.29 is 17.6 Å². The molecule has 0 saturated heterocycles. The smallest absolute Gasteiger partial charge is 0.243 e. The molecule has 4 rings (SSSR count). The van der Waals surface area contributed by atoms with Gasteiger partial charge >= 0.3 is 0 Å². The van der Waals surface area contributed by atoms with Crippen LogP contribution in [0.15, 0.2) is 70.6 Å². The number of nitrogens with zero attached hydrogens (tertiary/aromatic N) is 4. The van der Waals surface area contributed by atoms with Crippen molar-refractivity contribution in [2.24, 2.45) is 11.3 Å². The summed E-state index contributed by atoms with van der Waals surface area (Å²) in [6.45, 7) is 12.0. The van der Waals surface area contributed by atoms with E-state index >= 15 is 0 Å². The lowest BCUT2D eigenvalue weighted by molar-refractivity contribution is -0.133. The number of hydrogen-bond donors (Lipinski definition) is 0. The fourth-order valence-corrected chi connectivity index (χ4v) is 6.07. The molecule has 0 radical (unpaired) electrons. The van der Waals surface area contributed by atoms with E-state index in [9.17, 15) is 13.2 Å². The maximum atomic E-state index is 13.9. The Labute approximate surface area is 225 Å². The van der Waals surface area contributed by atoms with E-state index in [1.165, 1.54) is 4.31 Å². The summed E-state index contributed by atoms with van der Waals surface area (Å²) in [4.78, 5) is 19.4. The van der Waals surface area contributed by atoms with Gasteiger partial charge in [0.25, 0.3) is 0 Å². The van der Waals surface area contributed by atoms with Gasteiger partial charge in [-0.05, 0) is 53.6 Å². The molecule has 38 heavy (non-hydrogen) atoms. The summed E-state index contributed by atoms with van der Waals surface area (Å²) in [5.41, 5.74) is 2.18. The van der Waals surface area contributed by atoms with Crippen molar-refractivity contribution in [2.45, 2.75) is 58.9 Å². The van der Waals surface area contributed by atoms with E-state index in [0.717, 1.165) is 16.6 Å². The lowest BCUT2D eigenvalue weighted by atomic mass is 9.91. The Morgan fingerprint density at radius 1 is 1.11 bits per heavy atom. The second-order valence-electron chi connectivity index (χ2n) is 11.5. The van der Waals surface area contributed by atoms with Gasteiger partial charge in [0.1, 0.15) is 11.2 Å². The van der Waals surface area contributed by atoms with Crippen LogP contribution < -0.4 is 0 Å². The van der Waals surface area contributed by atoms with Gasteiger partial charge in [-0.15, -0.1) is 0 Å². The fraction of sp³-hybridized carbons (Fsp3) is 0.448. The second kappa shape index (κ2) is 11.3. The molecule has 204 valence electrons. The molecule has 8 nitrogen and oxygen atoms in total. The Hall–Kier alpha value is -3.17. The lowest BCUT2D eigenvalue weighted by Crippen LogP contribution is -2.39. The quantitative estimate of drug-likeness (QED) is 0.249. The van der Waals surface area contributed by atoms with E-state index < -0.39 is 10.0 Å². The van der Waals surface area contributed by atoms with Crippen LogP contribution in [-0.2, 0) is 21.4 Å². The number of carbonyl (C=O) groups excluding carboxylic acids is 1. The minimum absolute atomic E-state index is 0.108. The standard InChI is InChI=1S/C29H38N4O4S/c1-22(2)19-32(28(34)18-29(3,4)5)13-6-14-33(21-23-7-10-27-30-12-15-31(27)20-23)38(35,36)25-8-9-26-24(17-25)11-16-37-26/h7-12,15-17,20,22H,6,13-14,18-19,21H2,1-5H3. The molecule has 0 bridgehead atoms. The number of fused-ring (bicyclic) bond motifs is 2. The predicted octanol–water partition coefficient (Wildman–Crippen LogP) is 5.58. The Morgan fingerprint density at radius 2 is 1.89 bits per heavy atom. The Morgan fingerprint density at radius 3 is 2.63 bits per heavy atom. The van der Waals surface area contributed by atoms with Crippen LogP contribution in [0.25, 0.3) is 16.6 Å². The first-order valence-corrected chi connectivity index (χ1v) is 14.5. The van der Waals surface area contributed by atoms with Crippen LogP contribution in [0.3, 0.4) is 0 Å². The van der Waals surface area contributed by atoms with Crippen LogP contribution in [0.4, 0.5) is 0 Å². The first kappa shape index (κ1) is 27.9. The molecule has 0 aliphatic rings. The number of furan rings is 1. The van der Waals surface area contributed by atoms with Gasteiger partial charge < -0.3 is 13.7 Å². The molecule has 4 aromatic rings.